The molecule has 48 heavy (non-hydrogen) atoms. The number of carbonyl (C=O) groups is 2. The monoisotopic (exact) mass is 682 g/mol. The number of hydrogen-bond acceptors (Lipinski definition) is 6. The van der Waals surface area contributed by atoms with Crippen LogP contribution in [0.3, 0.4) is 0 Å². The molecule has 0 amide bonds. The number of nitrogens with zero attached hydrogens (tertiary/aromatic N) is 1. The van der Waals surface area contributed by atoms with Crippen LogP contribution >= 0.6 is 0 Å². The Kier molecular flexibility index (Phi) is 29.9. The topological polar surface area (TPSA) is 76.1 Å². The van der Waals surface area contributed by atoms with Crippen molar-refractivity contribution in [3.05, 3.63) is 0 Å². The van der Waals surface area contributed by atoms with Gasteiger partial charge in [-0.15, -0.1) is 0 Å². The third-order valence-electron chi connectivity index (χ3n) is 10.3. The zero-order valence-electron chi connectivity index (χ0n) is 33.3. The quantitative estimate of drug-likeness (QED) is 0.0530. The minimum absolute atomic E-state index is 0.00855. The van der Waals surface area contributed by atoms with Gasteiger partial charge in [0.15, 0.2) is 0 Å². The summed E-state index contributed by atoms with van der Waals surface area (Å²) < 4.78 is 11.3. The van der Waals surface area contributed by atoms with Gasteiger partial charge in [0.2, 0.25) is 0 Å². The van der Waals surface area contributed by atoms with Gasteiger partial charge in [0.1, 0.15) is 0 Å². The molecule has 0 rings (SSSR count). The molecule has 0 aliphatic heterocycles. The zero-order valence-corrected chi connectivity index (χ0v) is 33.3. The number of hydrogen-bond donors (Lipinski definition) is 1. The number of ether oxygens (including phenoxy) is 2. The Balaban J connectivity index is 3.97. The maximum absolute atomic E-state index is 12.6. The highest BCUT2D eigenvalue weighted by Gasteiger charge is 2.28. The van der Waals surface area contributed by atoms with E-state index in [1.165, 1.54) is 64.2 Å². The Morgan fingerprint density at radius 1 is 0.625 bits per heavy atom. The second-order valence-corrected chi connectivity index (χ2v) is 16.1. The minimum Gasteiger partial charge on any atom is -0.465 e. The summed E-state index contributed by atoms with van der Waals surface area (Å²) in [5, 5.41) is 9.57. The molecule has 0 heterocycles. The van der Waals surface area contributed by atoms with Crippen LogP contribution in [0.25, 0.3) is 0 Å². The molecule has 0 aromatic rings. The third kappa shape index (κ3) is 27.7. The molecular formula is C42H83NO5. The Hall–Kier alpha value is -1.14. The van der Waals surface area contributed by atoms with Crippen molar-refractivity contribution in [1.82, 2.24) is 4.90 Å². The first kappa shape index (κ1) is 46.9. The number of esters is 2. The normalized spacial score (nSPS) is 12.3. The van der Waals surface area contributed by atoms with Crippen molar-refractivity contribution >= 4 is 11.9 Å². The van der Waals surface area contributed by atoms with Crippen molar-refractivity contribution in [3.63, 3.8) is 0 Å². The summed E-state index contributed by atoms with van der Waals surface area (Å²) in [6.07, 6.45) is 27.4. The molecule has 0 aromatic carbocycles. The van der Waals surface area contributed by atoms with E-state index in [0.29, 0.717) is 19.6 Å². The fourth-order valence-electron chi connectivity index (χ4n) is 6.54. The molecule has 0 bridgehead atoms. The molecule has 0 fully saturated rings. The van der Waals surface area contributed by atoms with Crippen LogP contribution in [-0.4, -0.2) is 61.4 Å². The summed E-state index contributed by atoms with van der Waals surface area (Å²) in [5.41, 5.74) is -0.402. The van der Waals surface area contributed by atoms with E-state index in [2.05, 4.69) is 39.5 Å². The van der Waals surface area contributed by atoms with E-state index in [1.54, 1.807) is 0 Å². The van der Waals surface area contributed by atoms with E-state index < -0.39 is 5.41 Å². The molecule has 6 nitrogen and oxygen atoms in total. The summed E-state index contributed by atoms with van der Waals surface area (Å²) in [5.74, 6) is 0.782. The maximum Gasteiger partial charge on any atom is 0.311 e. The summed E-state index contributed by atoms with van der Waals surface area (Å²) >= 11 is 0. The van der Waals surface area contributed by atoms with Gasteiger partial charge >= 0.3 is 11.9 Å². The van der Waals surface area contributed by atoms with Crippen molar-refractivity contribution in [2.24, 2.45) is 16.7 Å². The van der Waals surface area contributed by atoms with Gasteiger partial charge in [-0.3, -0.25) is 9.59 Å². The molecule has 0 aromatic heterocycles. The van der Waals surface area contributed by atoms with Gasteiger partial charge in [-0.1, -0.05) is 144 Å². The zero-order chi connectivity index (χ0) is 35.9. The Bertz CT molecular complexity index is 748. The van der Waals surface area contributed by atoms with E-state index in [9.17, 15) is 14.7 Å². The van der Waals surface area contributed by atoms with Crippen molar-refractivity contribution in [2.45, 2.75) is 203 Å². The lowest BCUT2D eigenvalue weighted by Gasteiger charge is -2.25. The molecule has 0 saturated heterocycles. The number of unbranched alkanes of at least 4 members (excludes halogenated alkanes) is 14. The summed E-state index contributed by atoms with van der Waals surface area (Å²) in [6, 6.07) is 0. The van der Waals surface area contributed by atoms with Crippen LogP contribution in [0, 0.1) is 16.7 Å². The lowest BCUT2D eigenvalue weighted by atomic mass is 9.87. The van der Waals surface area contributed by atoms with E-state index in [0.717, 1.165) is 109 Å². The highest BCUT2D eigenvalue weighted by atomic mass is 16.5. The smallest absolute Gasteiger partial charge is 0.311 e. The SMILES string of the molecule is CCCCCCCCCOC(=O)C(C)(C)CCCCCCN(CCO)CCCCCC(C)(C)COC(=O)CCCCCCC(CC)CC. The molecule has 0 aliphatic rings. The van der Waals surface area contributed by atoms with Gasteiger partial charge < -0.3 is 19.5 Å². The van der Waals surface area contributed by atoms with Crippen molar-refractivity contribution in [3.8, 4) is 0 Å². The fraction of sp³-hybridized carbons (Fsp3) is 0.952. The Labute approximate surface area is 299 Å². The molecule has 0 radical (unpaired) electrons. The lowest BCUT2D eigenvalue weighted by molar-refractivity contribution is -0.154. The average molecular weight is 682 g/mol. The van der Waals surface area contributed by atoms with Crippen LogP contribution in [0.4, 0.5) is 0 Å². The van der Waals surface area contributed by atoms with Crippen LogP contribution < -0.4 is 0 Å². The van der Waals surface area contributed by atoms with Crippen LogP contribution in [0.2, 0.25) is 0 Å². The standard InChI is InChI=1S/C42H83NO5/c1-8-11-12-13-14-19-27-36-47-40(46)42(6,7)31-24-17-18-25-32-43(34-35-44)33-26-20-23-30-41(4,5)37-48-39(45)29-22-16-15-21-28-38(9-2)10-3/h38,44H,8-37H2,1-7H3. The Morgan fingerprint density at radius 2 is 1.17 bits per heavy atom. The van der Waals surface area contributed by atoms with Crippen LogP contribution in [0.15, 0.2) is 0 Å². The van der Waals surface area contributed by atoms with Gasteiger partial charge in [0.05, 0.1) is 25.2 Å². The van der Waals surface area contributed by atoms with E-state index in [4.69, 9.17) is 9.47 Å². The molecule has 0 unspecified atom stereocenters. The van der Waals surface area contributed by atoms with E-state index in [-0.39, 0.29) is 24.0 Å². The largest absolute Gasteiger partial charge is 0.465 e. The maximum atomic E-state index is 12.6. The summed E-state index contributed by atoms with van der Waals surface area (Å²) in [6.45, 7) is 19.3. The van der Waals surface area contributed by atoms with Gasteiger partial charge in [0.25, 0.3) is 0 Å². The van der Waals surface area contributed by atoms with Crippen LogP contribution in [0.5, 0.6) is 0 Å². The third-order valence-corrected chi connectivity index (χ3v) is 10.3. The predicted octanol–water partition coefficient (Wildman–Crippen LogP) is 11.5. The van der Waals surface area contributed by atoms with Gasteiger partial charge in [-0.2, -0.15) is 0 Å². The summed E-state index contributed by atoms with van der Waals surface area (Å²) in [4.78, 5) is 27.3. The number of aliphatic hydroxyl groups excluding tert-OH is 1. The molecule has 0 spiro atoms. The fourth-order valence-corrected chi connectivity index (χ4v) is 6.54. The molecule has 286 valence electrons. The first-order valence-electron chi connectivity index (χ1n) is 20.7. The van der Waals surface area contributed by atoms with Crippen molar-refractivity contribution < 1.29 is 24.2 Å². The first-order valence-corrected chi connectivity index (χ1v) is 20.7. The molecule has 0 atom stereocenters. The van der Waals surface area contributed by atoms with Crippen molar-refractivity contribution in [1.29, 1.82) is 0 Å². The van der Waals surface area contributed by atoms with E-state index >= 15 is 0 Å². The lowest BCUT2D eigenvalue weighted by Crippen LogP contribution is -2.29. The summed E-state index contributed by atoms with van der Waals surface area (Å²) in [7, 11) is 0. The van der Waals surface area contributed by atoms with Gasteiger partial charge in [-0.25, -0.2) is 0 Å². The number of aliphatic hydroxyl groups is 1. The number of carbonyl (C=O) groups excluding carboxylic acids is 2. The van der Waals surface area contributed by atoms with Gasteiger partial charge in [-0.05, 0) is 76.8 Å². The highest BCUT2D eigenvalue weighted by Crippen LogP contribution is 2.27. The second kappa shape index (κ2) is 30.7. The number of rotatable bonds is 35. The van der Waals surface area contributed by atoms with Gasteiger partial charge in [0, 0.05) is 13.0 Å². The second-order valence-electron chi connectivity index (χ2n) is 16.1. The minimum atomic E-state index is -0.410. The van der Waals surface area contributed by atoms with Crippen molar-refractivity contribution in [2.75, 3.05) is 39.5 Å². The molecular weight excluding hydrogens is 598 g/mol. The van der Waals surface area contributed by atoms with Crippen LogP contribution in [-0.2, 0) is 19.1 Å². The average Bonchev–Trinajstić information content (AvgIpc) is 3.05. The van der Waals surface area contributed by atoms with Crippen LogP contribution in [0.1, 0.15) is 203 Å². The molecule has 1 N–H and O–H groups in total. The highest BCUT2D eigenvalue weighted by molar-refractivity contribution is 5.75. The molecule has 0 aliphatic carbocycles. The van der Waals surface area contributed by atoms with E-state index in [1.807, 2.05) is 13.8 Å². The Morgan fingerprint density at radius 3 is 1.81 bits per heavy atom. The molecule has 0 saturated carbocycles. The molecule has 6 heteroatoms. The predicted molar refractivity (Wildman–Crippen MR) is 204 cm³/mol. The first-order chi connectivity index (χ1) is 23.0.